The van der Waals surface area contributed by atoms with E-state index in [2.05, 4.69) is 67.8 Å². The van der Waals surface area contributed by atoms with E-state index >= 15 is 0 Å². The van der Waals surface area contributed by atoms with Gasteiger partial charge in [0.25, 0.3) is 0 Å². The van der Waals surface area contributed by atoms with Crippen LogP contribution in [0.3, 0.4) is 0 Å². The van der Waals surface area contributed by atoms with E-state index < -0.39 is 17.5 Å². The molecule has 0 fully saturated rings. The van der Waals surface area contributed by atoms with Crippen LogP contribution in [0.2, 0.25) is 0 Å². The summed E-state index contributed by atoms with van der Waals surface area (Å²) in [5.74, 6) is 0.340. The van der Waals surface area contributed by atoms with Crippen molar-refractivity contribution in [1.29, 1.82) is 0 Å². The highest BCUT2D eigenvalue weighted by atomic mass is 32.2. The van der Waals surface area contributed by atoms with Crippen LogP contribution in [0.15, 0.2) is 46.6 Å². The Balaban J connectivity index is 2.10. The van der Waals surface area contributed by atoms with Crippen LogP contribution in [-0.2, 0) is 19.1 Å². The minimum Gasteiger partial charge on any atom is -0.509 e. The van der Waals surface area contributed by atoms with Gasteiger partial charge in [-0.1, -0.05) is 48.1 Å². The summed E-state index contributed by atoms with van der Waals surface area (Å²) in [7, 11) is -7.32. The van der Waals surface area contributed by atoms with Crippen molar-refractivity contribution < 1.29 is 22.6 Å². The SMILES string of the molecule is C=C1C(C2=NP(=O)(OCC)c3cc(NS(C)(=O)=O)ccc3N2)=C(O)C(C(C)(C)C)N1CCC(C)(C)C. The Morgan fingerprint density at radius 3 is 2.42 bits per heavy atom. The van der Waals surface area contributed by atoms with E-state index in [9.17, 15) is 18.1 Å². The minimum atomic E-state index is -3.79. The van der Waals surface area contributed by atoms with Gasteiger partial charge < -0.3 is 19.8 Å². The van der Waals surface area contributed by atoms with Gasteiger partial charge >= 0.3 is 7.52 Å². The third kappa shape index (κ3) is 5.98. The molecule has 3 N–H and O–H groups in total. The average molecular weight is 539 g/mol. The van der Waals surface area contributed by atoms with Gasteiger partial charge in [-0.2, -0.15) is 4.76 Å². The monoisotopic (exact) mass is 538 g/mol. The Morgan fingerprint density at radius 2 is 1.89 bits per heavy atom. The van der Waals surface area contributed by atoms with Crippen molar-refractivity contribution in [2.24, 2.45) is 15.6 Å². The fourth-order valence-corrected chi connectivity index (χ4v) is 6.82. The molecule has 0 radical (unpaired) electrons. The molecule has 0 aromatic heterocycles. The predicted molar refractivity (Wildman–Crippen MR) is 148 cm³/mol. The molecule has 1 aromatic rings. The maximum atomic E-state index is 14.0. The molecular weight excluding hydrogens is 499 g/mol. The molecule has 3 rings (SSSR count). The van der Waals surface area contributed by atoms with Crippen molar-refractivity contribution >= 4 is 40.1 Å². The second kappa shape index (κ2) is 9.54. The first kappa shape index (κ1) is 28.3. The summed E-state index contributed by atoms with van der Waals surface area (Å²) < 4.78 is 49.9. The molecule has 0 bridgehead atoms. The lowest BCUT2D eigenvalue weighted by Gasteiger charge is -2.38. The highest BCUT2D eigenvalue weighted by Crippen LogP contribution is 2.53. The van der Waals surface area contributed by atoms with Gasteiger partial charge in [-0.15, -0.1) is 0 Å². The number of sulfonamides is 1. The van der Waals surface area contributed by atoms with Crippen molar-refractivity contribution in [3.63, 3.8) is 0 Å². The Morgan fingerprint density at radius 1 is 1.25 bits per heavy atom. The third-order valence-electron chi connectivity index (χ3n) is 6.02. The van der Waals surface area contributed by atoms with E-state index in [0.717, 1.165) is 12.7 Å². The van der Waals surface area contributed by atoms with Crippen molar-refractivity contribution in [2.45, 2.75) is 60.9 Å². The van der Waals surface area contributed by atoms with E-state index in [0.29, 0.717) is 23.5 Å². The maximum absolute atomic E-state index is 14.0. The number of rotatable bonds is 7. The number of fused-ring (bicyclic) bond motifs is 1. The Kier molecular flexibility index (Phi) is 7.50. The molecule has 2 aliphatic rings. The van der Waals surface area contributed by atoms with Crippen molar-refractivity contribution in [2.75, 3.05) is 29.4 Å². The summed E-state index contributed by atoms with van der Waals surface area (Å²) >= 11 is 0. The number of nitrogens with one attached hydrogen (secondary N) is 2. The normalized spacial score (nSPS) is 22.9. The molecule has 2 atom stereocenters. The lowest BCUT2D eigenvalue weighted by atomic mass is 9.84. The van der Waals surface area contributed by atoms with Crippen LogP contribution in [0.1, 0.15) is 54.9 Å². The minimum absolute atomic E-state index is 0.0863. The number of anilines is 2. The van der Waals surface area contributed by atoms with E-state index in [4.69, 9.17) is 4.52 Å². The van der Waals surface area contributed by atoms with E-state index in [1.54, 1.807) is 19.1 Å². The predicted octanol–water partition coefficient (Wildman–Crippen LogP) is 5.23. The molecule has 2 aliphatic heterocycles. The molecule has 1 aromatic carbocycles. The largest absolute Gasteiger partial charge is 0.509 e. The highest BCUT2D eigenvalue weighted by molar-refractivity contribution is 7.92. The average Bonchev–Trinajstić information content (AvgIpc) is 2.95. The smallest absolute Gasteiger partial charge is 0.348 e. The number of amidine groups is 1. The molecule has 0 saturated heterocycles. The van der Waals surface area contributed by atoms with Gasteiger partial charge in [0.2, 0.25) is 10.0 Å². The maximum Gasteiger partial charge on any atom is 0.348 e. The zero-order valence-corrected chi connectivity index (χ0v) is 24.2. The molecule has 0 saturated carbocycles. The zero-order valence-electron chi connectivity index (χ0n) is 22.5. The van der Waals surface area contributed by atoms with Gasteiger partial charge in [-0.05, 0) is 42.4 Å². The van der Waals surface area contributed by atoms with Crippen LogP contribution in [-0.4, -0.2) is 49.7 Å². The van der Waals surface area contributed by atoms with Crippen LogP contribution < -0.4 is 15.3 Å². The summed E-state index contributed by atoms with van der Waals surface area (Å²) in [6, 6.07) is 4.32. The van der Waals surface area contributed by atoms with E-state index in [-0.39, 0.29) is 46.1 Å². The van der Waals surface area contributed by atoms with Crippen molar-refractivity contribution in [3.8, 4) is 0 Å². The zero-order chi connectivity index (χ0) is 27.3. The van der Waals surface area contributed by atoms with Gasteiger partial charge in [0, 0.05) is 17.9 Å². The molecule has 11 heteroatoms. The summed E-state index contributed by atoms with van der Waals surface area (Å²) in [6.45, 7) is 19.5. The second-order valence-corrected chi connectivity index (χ2v) is 15.3. The molecule has 0 spiro atoms. The van der Waals surface area contributed by atoms with Gasteiger partial charge in [-0.25, -0.2) is 8.42 Å². The first-order chi connectivity index (χ1) is 16.4. The standard InChI is InChI=1S/C25H39N4O5PS/c1-10-34-35(31)19-15-17(28-36(9,32)33)11-12-18(19)26-23(27-35)20-16(2)29(14-13-24(3,4)5)22(21(20)30)25(6,7)8/h11-12,15,22,28,30H,2,10,13-14H2,1,3-9H3,(H,26,27,31). The summed E-state index contributed by atoms with van der Waals surface area (Å²) in [5, 5.41) is 14.9. The lowest BCUT2D eigenvalue weighted by molar-refractivity contribution is 0.128. The first-order valence-corrected chi connectivity index (χ1v) is 15.5. The van der Waals surface area contributed by atoms with Gasteiger partial charge in [0.1, 0.15) is 11.6 Å². The topological polar surface area (TPSA) is 120 Å². The van der Waals surface area contributed by atoms with Crippen LogP contribution in [0.4, 0.5) is 11.4 Å². The fourth-order valence-electron chi connectivity index (χ4n) is 4.46. The number of aliphatic hydroxyl groups is 1. The number of hydrogen-bond acceptors (Lipinski definition) is 7. The van der Waals surface area contributed by atoms with Gasteiger partial charge in [-0.3, -0.25) is 9.29 Å². The summed E-state index contributed by atoms with van der Waals surface area (Å²) in [6.07, 6.45) is 1.93. The molecule has 9 nitrogen and oxygen atoms in total. The van der Waals surface area contributed by atoms with Crippen LogP contribution in [0, 0.1) is 10.8 Å². The number of aliphatic hydroxyl groups excluding tert-OH is 1. The first-order valence-electron chi connectivity index (χ1n) is 12.0. The number of hydrogen-bond donors (Lipinski definition) is 3. The molecule has 200 valence electrons. The lowest BCUT2D eigenvalue weighted by Crippen LogP contribution is -2.42. The number of benzene rings is 1. The Labute approximate surface area is 215 Å². The third-order valence-corrected chi connectivity index (χ3v) is 8.67. The summed E-state index contributed by atoms with van der Waals surface area (Å²) in [5.41, 5.74) is 1.51. The van der Waals surface area contributed by atoms with Gasteiger partial charge in [0.15, 0.2) is 0 Å². The molecule has 2 heterocycles. The van der Waals surface area contributed by atoms with Crippen LogP contribution in [0.5, 0.6) is 0 Å². The van der Waals surface area contributed by atoms with Crippen LogP contribution in [0.25, 0.3) is 0 Å². The fraction of sp³-hybridized carbons (Fsp3) is 0.560. The molecular formula is C25H39N4O5PS. The molecule has 36 heavy (non-hydrogen) atoms. The Bertz CT molecular complexity index is 1270. The van der Waals surface area contributed by atoms with E-state index in [1.807, 2.05) is 0 Å². The van der Waals surface area contributed by atoms with Crippen molar-refractivity contribution in [3.05, 3.63) is 41.8 Å². The van der Waals surface area contributed by atoms with Crippen molar-refractivity contribution in [1.82, 2.24) is 4.90 Å². The van der Waals surface area contributed by atoms with Gasteiger partial charge in [0.05, 0.1) is 35.5 Å². The Hall–Kier alpha value is -2.29. The second-order valence-electron chi connectivity index (χ2n) is 11.6. The number of nitrogens with zero attached hydrogens (tertiary/aromatic N) is 2. The molecule has 0 amide bonds. The highest BCUT2D eigenvalue weighted by Gasteiger charge is 2.46. The summed E-state index contributed by atoms with van der Waals surface area (Å²) in [4.78, 5) is 2.10. The quantitative estimate of drug-likeness (QED) is 0.407. The molecule has 0 aliphatic carbocycles. The van der Waals surface area contributed by atoms with E-state index in [1.165, 1.54) is 6.07 Å². The molecule has 2 unspecified atom stereocenters. The van der Waals surface area contributed by atoms with Crippen LogP contribution >= 0.6 is 7.52 Å².